The van der Waals surface area contributed by atoms with Crippen LogP contribution >= 0.6 is 0 Å². The number of aromatic amines is 1. The van der Waals surface area contributed by atoms with E-state index >= 15 is 0 Å². The number of aryl methyl sites for hydroxylation is 1. The van der Waals surface area contributed by atoms with Crippen LogP contribution in [0.25, 0.3) is 11.0 Å². The van der Waals surface area contributed by atoms with Crippen molar-refractivity contribution < 1.29 is 5.11 Å². The van der Waals surface area contributed by atoms with Crippen molar-refractivity contribution in [1.29, 1.82) is 0 Å². The summed E-state index contributed by atoms with van der Waals surface area (Å²) in [6, 6.07) is 8.19. The normalized spacial score (nSPS) is 28.3. The lowest BCUT2D eigenvalue weighted by molar-refractivity contribution is -0.0599. The lowest BCUT2D eigenvalue weighted by Crippen LogP contribution is -2.46. The van der Waals surface area contributed by atoms with Gasteiger partial charge in [0.1, 0.15) is 5.82 Å². The molecule has 134 valence electrons. The number of rotatable bonds is 7. The van der Waals surface area contributed by atoms with Crippen LogP contribution < -0.4 is 0 Å². The number of allylic oxidation sites excluding steroid dienone is 1. The Hall–Kier alpha value is -1.65. The number of aliphatic hydroxyl groups is 1. The molecule has 3 atom stereocenters. The molecule has 1 aromatic heterocycles. The molecule has 2 aromatic rings. The third kappa shape index (κ3) is 3.65. The number of benzene rings is 1. The maximum atomic E-state index is 11.0. The zero-order valence-electron chi connectivity index (χ0n) is 15.1. The number of para-hydroxylation sites is 2. The minimum absolute atomic E-state index is 0.376. The number of hydrogen-bond donors (Lipinski definition) is 2. The van der Waals surface area contributed by atoms with Gasteiger partial charge >= 0.3 is 0 Å². The van der Waals surface area contributed by atoms with Crippen LogP contribution in [0.4, 0.5) is 0 Å². The van der Waals surface area contributed by atoms with Crippen molar-refractivity contribution in [2.75, 3.05) is 20.1 Å². The number of aromatic nitrogens is 2. The van der Waals surface area contributed by atoms with E-state index in [0.29, 0.717) is 11.8 Å². The Morgan fingerprint density at radius 1 is 1.24 bits per heavy atom. The molecular formula is C21H29N3O. The van der Waals surface area contributed by atoms with E-state index in [1.165, 1.54) is 6.42 Å². The molecule has 0 spiro atoms. The van der Waals surface area contributed by atoms with Gasteiger partial charge in [-0.3, -0.25) is 0 Å². The van der Waals surface area contributed by atoms with E-state index < -0.39 is 5.60 Å². The van der Waals surface area contributed by atoms with E-state index in [9.17, 15) is 5.11 Å². The second-order valence-electron chi connectivity index (χ2n) is 7.99. The van der Waals surface area contributed by atoms with Gasteiger partial charge in [-0.2, -0.15) is 0 Å². The predicted octanol–water partition coefficient (Wildman–Crippen LogP) is 3.53. The van der Waals surface area contributed by atoms with Gasteiger partial charge in [-0.1, -0.05) is 24.3 Å². The van der Waals surface area contributed by atoms with Gasteiger partial charge in [0.15, 0.2) is 0 Å². The van der Waals surface area contributed by atoms with Gasteiger partial charge in [0.2, 0.25) is 0 Å². The molecule has 1 heterocycles. The van der Waals surface area contributed by atoms with Gasteiger partial charge in [-0.15, -0.1) is 0 Å². The summed E-state index contributed by atoms with van der Waals surface area (Å²) >= 11 is 0. The Morgan fingerprint density at radius 2 is 2.12 bits per heavy atom. The fourth-order valence-corrected chi connectivity index (χ4v) is 4.52. The van der Waals surface area contributed by atoms with Crippen LogP contribution in [-0.2, 0) is 6.42 Å². The zero-order valence-corrected chi connectivity index (χ0v) is 15.1. The van der Waals surface area contributed by atoms with Gasteiger partial charge in [-0.25, -0.2) is 4.98 Å². The lowest BCUT2D eigenvalue weighted by Gasteiger charge is -2.45. The first kappa shape index (κ1) is 16.8. The Kier molecular flexibility index (Phi) is 4.65. The molecule has 4 heteroatoms. The summed E-state index contributed by atoms with van der Waals surface area (Å²) in [7, 11) is 2.17. The first-order valence-corrected chi connectivity index (χ1v) is 9.65. The Bertz CT molecular complexity index is 719. The molecule has 0 radical (unpaired) electrons. The van der Waals surface area contributed by atoms with E-state index in [-0.39, 0.29) is 0 Å². The molecule has 2 N–H and O–H groups in total. The smallest absolute Gasteiger partial charge is 0.107 e. The highest BCUT2D eigenvalue weighted by Gasteiger charge is 2.43. The van der Waals surface area contributed by atoms with Crippen molar-refractivity contribution in [3.8, 4) is 0 Å². The predicted molar refractivity (Wildman–Crippen MR) is 101 cm³/mol. The van der Waals surface area contributed by atoms with Crippen LogP contribution in [0.15, 0.2) is 36.4 Å². The molecule has 3 aliphatic carbocycles. The highest BCUT2D eigenvalue weighted by molar-refractivity contribution is 5.74. The standard InChI is InChI=1S/C21H29N3O/c1-24(14-12-21(25)15-16-8-10-17(21)11-9-16)13-4-7-20-22-18-5-2-3-6-19(18)23-20/h2-3,5-6,8,10,16-17,25H,4,7,9,11-15H2,1H3,(H,22,23)/t16-,17?,21?/m0/s1. The summed E-state index contributed by atoms with van der Waals surface area (Å²) in [4.78, 5) is 10.4. The number of imidazole rings is 1. The van der Waals surface area contributed by atoms with Gasteiger partial charge in [0.25, 0.3) is 0 Å². The first-order valence-electron chi connectivity index (χ1n) is 9.65. The van der Waals surface area contributed by atoms with Crippen molar-refractivity contribution >= 4 is 11.0 Å². The molecule has 25 heavy (non-hydrogen) atoms. The fourth-order valence-electron chi connectivity index (χ4n) is 4.52. The van der Waals surface area contributed by atoms with Crippen molar-refractivity contribution in [1.82, 2.24) is 14.9 Å². The topological polar surface area (TPSA) is 52.2 Å². The quantitative estimate of drug-likeness (QED) is 0.759. The maximum Gasteiger partial charge on any atom is 0.107 e. The van der Waals surface area contributed by atoms with Crippen LogP contribution in [-0.4, -0.2) is 45.7 Å². The van der Waals surface area contributed by atoms with Crippen molar-refractivity contribution in [2.24, 2.45) is 11.8 Å². The molecule has 1 aromatic carbocycles. The molecule has 2 bridgehead atoms. The number of fused-ring (bicyclic) bond motifs is 3. The highest BCUT2D eigenvalue weighted by Crippen LogP contribution is 2.44. The number of nitrogens with one attached hydrogen (secondary N) is 1. The van der Waals surface area contributed by atoms with Crippen LogP contribution in [0.5, 0.6) is 0 Å². The van der Waals surface area contributed by atoms with Gasteiger partial charge in [0, 0.05) is 18.9 Å². The summed E-state index contributed by atoms with van der Waals surface area (Å²) in [6.07, 6.45) is 10.9. The van der Waals surface area contributed by atoms with E-state index in [1.807, 2.05) is 12.1 Å². The molecular weight excluding hydrogens is 310 g/mol. The molecule has 0 aliphatic heterocycles. The molecule has 0 amide bonds. The summed E-state index contributed by atoms with van der Waals surface area (Å²) in [5, 5.41) is 11.0. The Balaban J connectivity index is 1.23. The second kappa shape index (κ2) is 6.93. The molecule has 4 nitrogen and oxygen atoms in total. The van der Waals surface area contributed by atoms with E-state index in [4.69, 9.17) is 0 Å². The average Bonchev–Trinajstić information content (AvgIpc) is 3.04. The third-order valence-electron chi connectivity index (χ3n) is 6.09. The molecule has 2 unspecified atom stereocenters. The average molecular weight is 339 g/mol. The minimum Gasteiger partial charge on any atom is -0.389 e. The first-order chi connectivity index (χ1) is 12.1. The van der Waals surface area contributed by atoms with Crippen LogP contribution in [0.1, 0.15) is 37.9 Å². The summed E-state index contributed by atoms with van der Waals surface area (Å²) < 4.78 is 0. The number of H-pyrrole nitrogens is 1. The Morgan fingerprint density at radius 3 is 2.84 bits per heavy atom. The molecule has 1 fully saturated rings. The number of hydrogen-bond acceptors (Lipinski definition) is 3. The lowest BCUT2D eigenvalue weighted by atomic mass is 9.65. The minimum atomic E-state index is -0.468. The van der Waals surface area contributed by atoms with Crippen molar-refractivity contribution in [3.63, 3.8) is 0 Å². The number of nitrogens with zero attached hydrogens (tertiary/aromatic N) is 2. The van der Waals surface area contributed by atoms with Crippen molar-refractivity contribution in [2.45, 2.75) is 44.1 Å². The van der Waals surface area contributed by atoms with Crippen LogP contribution in [0.3, 0.4) is 0 Å². The summed E-state index contributed by atoms with van der Waals surface area (Å²) in [6.45, 7) is 2.00. The van der Waals surface area contributed by atoms with Crippen LogP contribution in [0.2, 0.25) is 0 Å². The van der Waals surface area contributed by atoms with Gasteiger partial charge < -0.3 is 15.0 Å². The molecule has 3 aliphatic rings. The van der Waals surface area contributed by atoms with Gasteiger partial charge in [0.05, 0.1) is 16.6 Å². The van der Waals surface area contributed by atoms with E-state index in [2.05, 4.69) is 46.2 Å². The van der Waals surface area contributed by atoms with E-state index in [1.54, 1.807) is 0 Å². The molecule has 5 rings (SSSR count). The highest BCUT2D eigenvalue weighted by atomic mass is 16.3. The SMILES string of the molecule is CN(CCCc1nc2ccccc2[nH]1)CCC1(O)C[C@H]2C=CC1CC2. The summed E-state index contributed by atoms with van der Waals surface area (Å²) in [5.41, 5.74) is 1.70. The third-order valence-corrected chi connectivity index (χ3v) is 6.09. The van der Waals surface area contributed by atoms with E-state index in [0.717, 1.165) is 62.1 Å². The maximum absolute atomic E-state index is 11.0. The zero-order chi connectivity index (χ0) is 17.3. The molecule has 1 saturated carbocycles. The summed E-state index contributed by atoms with van der Waals surface area (Å²) in [5.74, 6) is 2.05. The monoisotopic (exact) mass is 339 g/mol. The largest absolute Gasteiger partial charge is 0.389 e. The van der Waals surface area contributed by atoms with Gasteiger partial charge in [-0.05, 0) is 63.7 Å². The van der Waals surface area contributed by atoms with Crippen LogP contribution in [0, 0.1) is 11.8 Å². The second-order valence-corrected chi connectivity index (χ2v) is 7.99. The fraction of sp³-hybridized carbons (Fsp3) is 0.571. The Labute approximate surface area is 150 Å². The molecule has 0 saturated heterocycles. The van der Waals surface area contributed by atoms with Crippen molar-refractivity contribution in [3.05, 3.63) is 42.2 Å².